The Morgan fingerprint density at radius 2 is 2.24 bits per heavy atom. The summed E-state index contributed by atoms with van der Waals surface area (Å²) in [6.45, 7) is 4.41. The van der Waals surface area contributed by atoms with Gasteiger partial charge in [0.05, 0.1) is 12.8 Å². The largest absolute Gasteiger partial charge is 0.493 e. The van der Waals surface area contributed by atoms with E-state index < -0.39 is 0 Å². The summed E-state index contributed by atoms with van der Waals surface area (Å²) in [6, 6.07) is 9.52. The molecular formula is C15H16N4O2. The lowest BCUT2D eigenvalue weighted by Gasteiger charge is -2.05. The van der Waals surface area contributed by atoms with Crippen LogP contribution >= 0.6 is 0 Å². The Kier molecular flexibility index (Phi) is 4.94. The lowest BCUT2D eigenvalue weighted by molar-refractivity contribution is 0.340. The number of nitrogens with one attached hydrogen (secondary N) is 1. The van der Waals surface area contributed by atoms with Crippen LogP contribution in [0.15, 0.2) is 33.8 Å². The number of benzene rings is 1. The van der Waals surface area contributed by atoms with Crippen molar-refractivity contribution >= 4 is 12.1 Å². The Morgan fingerprint density at radius 1 is 1.43 bits per heavy atom. The standard InChI is InChI=1S/C15H16N4O2/c1-3-14-18-12(9-16)15(21-14)19-17-10-11-7-5-6-8-13(11)20-4-2/h5-8,10,19H,3-4H2,1-2H3. The van der Waals surface area contributed by atoms with Crippen molar-refractivity contribution in [3.63, 3.8) is 0 Å². The second-order valence-electron chi connectivity index (χ2n) is 4.09. The minimum absolute atomic E-state index is 0.196. The summed E-state index contributed by atoms with van der Waals surface area (Å²) < 4.78 is 10.9. The predicted molar refractivity (Wildman–Crippen MR) is 79.4 cm³/mol. The molecule has 0 fully saturated rings. The number of nitriles is 1. The second-order valence-corrected chi connectivity index (χ2v) is 4.09. The number of para-hydroxylation sites is 1. The summed E-state index contributed by atoms with van der Waals surface area (Å²) >= 11 is 0. The first-order valence-corrected chi connectivity index (χ1v) is 6.69. The molecule has 1 aromatic carbocycles. The fourth-order valence-electron chi connectivity index (χ4n) is 1.70. The Morgan fingerprint density at radius 3 is 2.95 bits per heavy atom. The summed E-state index contributed by atoms with van der Waals surface area (Å²) in [5, 5.41) is 13.0. The van der Waals surface area contributed by atoms with Crippen LogP contribution in [0, 0.1) is 11.3 Å². The van der Waals surface area contributed by atoms with E-state index in [0.717, 1.165) is 11.3 Å². The predicted octanol–water partition coefficient (Wildman–Crippen LogP) is 2.95. The Hall–Kier alpha value is -2.81. The van der Waals surface area contributed by atoms with Crippen LogP contribution in [0.3, 0.4) is 0 Å². The molecule has 2 rings (SSSR count). The molecule has 0 spiro atoms. The van der Waals surface area contributed by atoms with Gasteiger partial charge in [-0.1, -0.05) is 19.1 Å². The number of aryl methyl sites for hydroxylation is 1. The summed E-state index contributed by atoms with van der Waals surface area (Å²) in [6.07, 6.45) is 2.23. The maximum atomic E-state index is 8.97. The highest BCUT2D eigenvalue weighted by Crippen LogP contribution is 2.18. The maximum Gasteiger partial charge on any atom is 0.252 e. The highest BCUT2D eigenvalue weighted by molar-refractivity contribution is 5.83. The van der Waals surface area contributed by atoms with Crippen LogP contribution in [0.5, 0.6) is 5.75 Å². The quantitative estimate of drug-likeness (QED) is 0.651. The number of nitrogens with zero attached hydrogens (tertiary/aromatic N) is 3. The van der Waals surface area contributed by atoms with Gasteiger partial charge in [0.25, 0.3) is 5.88 Å². The number of oxazole rings is 1. The first-order valence-electron chi connectivity index (χ1n) is 6.69. The number of hydrazone groups is 1. The van der Waals surface area contributed by atoms with E-state index >= 15 is 0 Å². The van der Waals surface area contributed by atoms with Crippen molar-refractivity contribution in [1.29, 1.82) is 5.26 Å². The molecule has 0 aliphatic rings. The van der Waals surface area contributed by atoms with Gasteiger partial charge < -0.3 is 9.15 Å². The molecule has 0 aliphatic carbocycles. The fraction of sp³-hybridized carbons (Fsp3) is 0.267. The van der Waals surface area contributed by atoms with Crippen molar-refractivity contribution in [3.8, 4) is 11.8 Å². The molecule has 0 aliphatic heterocycles. The smallest absolute Gasteiger partial charge is 0.252 e. The molecule has 0 radical (unpaired) electrons. The highest BCUT2D eigenvalue weighted by atomic mass is 16.5. The Labute approximate surface area is 123 Å². The van der Waals surface area contributed by atoms with Crippen LogP contribution in [-0.2, 0) is 6.42 Å². The van der Waals surface area contributed by atoms with Crippen molar-refractivity contribution in [2.75, 3.05) is 12.0 Å². The Bertz CT molecular complexity index is 671. The van der Waals surface area contributed by atoms with Crippen LogP contribution < -0.4 is 10.2 Å². The van der Waals surface area contributed by atoms with E-state index in [9.17, 15) is 0 Å². The van der Waals surface area contributed by atoms with Crippen LogP contribution in [0.2, 0.25) is 0 Å². The van der Waals surface area contributed by atoms with Gasteiger partial charge in [-0.3, -0.25) is 0 Å². The number of hydrogen-bond donors (Lipinski definition) is 1. The molecule has 0 saturated carbocycles. The minimum atomic E-state index is 0.196. The molecule has 0 atom stereocenters. The van der Waals surface area contributed by atoms with E-state index in [1.807, 2.05) is 44.2 Å². The van der Waals surface area contributed by atoms with Gasteiger partial charge in [-0.05, 0) is 19.1 Å². The number of aromatic nitrogens is 1. The summed E-state index contributed by atoms with van der Waals surface area (Å²) in [4.78, 5) is 4.03. The molecule has 108 valence electrons. The van der Waals surface area contributed by atoms with E-state index in [2.05, 4.69) is 15.5 Å². The number of ether oxygens (including phenoxy) is 1. The molecule has 6 nitrogen and oxygen atoms in total. The average molecular weight is 284 g/mol. The molecule has 6 heteroatoms. The zero-order valence-corrected chi connectivity index (χ0v) is 12.0. The molecule has 21 heavy (non-hydrogen) atoms. The van der Waals surface area contributed by atoms with Crippen molar-refractivity contribution < 1.29 is 9.15 Å². The lowest BCUT2D eigenvalue weighted by Crippen LogP contribution is -1.97. The van der Waals surface area contributed by atoms with E-state index in [-0.39, 0.29) is 11.6 Å². The molecule has 1 aromatic heterocycles. The lowest BCUT2D eigenvalue weighted by atomic mass is 10.2. The zero-order valence-electron chi connectivity index (χ0n) is 12.0. The first-order chi connectivity index (χ1) is 10.3. The average Bonchev–Trinajstić information content (AvgIpc) is 2.92. The van der Waals surface area contributed by atoms with Gasteiger partial charge in [0.15, 0.2) is 5.89 Å². The highest BCUT2D eigenvalue weighted by Gasteiger charge is 2.10. The van der Waals surface area contributed by atoms with Gasteiger partial charge in [-0.25, -0.2) is 10.4 Å². The molecule has 2 aromatic rings. The van der Waals surface area contributed by atoms with E-state index in [1.165, 1.54) is 0 Å². The van der Waals surface area contributed by atoms with Crippen LogP contribution in [0.4, 0.5) is 5.88 Å². The molecule has 1 heterocycles. The van der Waals surface area contributed by atoms with Crippen molar-refractivity contribution in [2.45, 2.75) is 20.3 Å². The third-order valence-corrected chi connectivity index (χ3v) is 2.67. The van der Waals surface area contributed by atoms with Gasteiger partial charge in [0, 0.05) is 12.0 Å². The number of rotatable bonds is 6. The van der Waals surface area contributed by atoms with Gasteiger partial charge in [0.2, 0.25) is 5.69 Å². The number of hydrogen-bond acceptors (Lipinski definition) is 6. The third-order valence-electron chi connectivity index (χ3n) is 2.67. The molecule has 0 amide bonds. The fourth-order valence-corrected chi connectivity index (χ4v) is 1.70. The van der Waals surface area contributed by atoms with Gasteiger partial charge in [-0.2, -0.15) is 10.4 Å². The van der Waals surface area contributed by atoms with Crippen molar-refractivity contribution in [1.82, 2.24) is 4.98 Å². The molecule has 0 bridgehead atoms. The molecular weight excluding hydrogens is 268 g/mol. The summed E-state index contributed by atoms with van der Waals surface area (Å²) in [5.41, 5.74) is 3.73. The van der Waals surface area contributed by atoms with E-state index in [4.69, 9.17) is 14.4 Å². The van der Waals surface area contributed by atoms with E-state index in [0.29, 0.717) is 18.9 Å². The van der Waals surface area contributed by atoms with Gasteiger partial charge >= 0.3 is 0 Å². The van der Waals surface area contributed by atoms with Gasteiger partial charge in [-0.15, -0.1) is 0 Å². The molecule has 1 N–H and O–H groups in total. The summed E-state index contributed by atoms with van der Waals surface area (Å²) in [5.74, 6) is 1.50. The Balaban J connectivity index is 2.13. The SMILES string of the molecule is CCOc1ccccc1C=NNc1oc(CC)nc1C#N. The van der Waals surface area contributed by atoms with Crippen molar-refractivity contribution in [2.24, 2.45) is 5.10 Å². The topological polar surface area (TPSA) is 83.4 Å². The molecule has 0 unspecified atom stereocenters. The van der Waals surface area contributed by atoms with E-state index in [1.54, 1.807) is 6.21 Å². The van der Waals surface area contributed by atoms with Crippen LogP contribution in [0.25, 0.3) is 0 Å². The zero-order chi connectivity index (χ0) is 15.1. The minimum Gasteiger partial charge on any atom is -0.493 e. The van der Waals surface area contributed by atoms with Gasteiger partial charge in [0.1, 0.15) is 11.8 Å². The van der Waals surface area contributed by atoms with Crippen LogP contribution in [0.1, 0.15) is 31.0 Å². The first kappa shape index (κ1) is 14.6. The maximum absolute atomic E-state index is 8.97. The molecule has 0 saturated heterocycles. The normalized spacial score (nSPS) is 10.5. The second kappa shape index (κ2) is 7.10. The number of anilines is 1. The third kappa shape index (κ3) is 3.60. The van der Waals surface area contributed by atoms with Crippen molar-refractivity contribution in [3.05, 3.63) is 41.4 Å². The monoisotopic (exact) mass is 284 g/mol. The van der Waals surface area contributed by atoms with Crippen LogP contribution in [-0.4, -0.2) is 17.8 Å². The summed E-state index contributed by atoms with van der Waals surface area (Å²) in [7, 11) is 0.